The van der Waals surface area contributed by atoms with Crippen molar-refractivity contribution in [3.05, 3.63) is 18.2 Å². The zero-order chi connectivity index (χ0) is 9.10. The monoisotopic (exact) mass is 180 g/mol. The minimum absolute atomic E-state index is 0.688. The molecule has 3 heteroatoms. The van der Waals surface area contributed by atoms with Gasteiger partial charge in [0.2, 0.25) is 5.75 Å². The van der Waals surface area contributed by atoms with Crippen molar-refractivity contribution < 1.29 is 14.2 Å². The highest BCUT2D eigenvalue weighted by molar-refractivity contribution is 5.51. The molecule has 1 aliphatic heterocycles. The molecule has 0 spiro atoms. The Labute approximate surface area is 77.2 Å². The smallest absolute Gasteiger partial charge is 0.203 e. The molecule has 0 N–H and O–H groups in total. The second-order valence-corrected chi connectivity index (χ2v) is 2.84. The van der Waals surface area contributed by atoms with Crippen LogP contribution in [0.5, 0.6) is 17.2 Å². The standard InChI is InChI=1S/C10H12O3/c1-11-8-4-2-5-9-10(8)13-7-3-6-12-9/h2,4-5H,3,6-7H2,1H3. The van der Waals surface area contributed by atoms with Crippen LogP contribution in [0.15, 0.2) is 18.2 Å². The third-order valence-corrected chi connectivity index (χ3v) is 1.96. The van der Waals surface area contributed by atoms with Gasteiger partial charge in [-0.3, -0.25) is 0 Å². The zero-order valence-electron chi connectivity index (χ0n) is 7.58. The summed E-state index contributed by atoms with van der Waals surface area (Å²) < 4.78 is 16.2. The zero-order valence-corrected chi connectivity index (χ0v) is 7.58. The van der Waals surface area contributed by atoms with E-state index in [-0.39, 0.29) is 0 Å². The Morgan fingerprint density at radius 3 is 2.92 bits per heavy atom. The lowest BCUT2D eigenvalue weighted by Gasteiger charge is -2.10. The summed E-state index contributed by atoms with van der Waals surface area (Å²) in [6.07, 6.45) is 0.915. The third-order valence-electron chi connectivity index (χ3n) is 1.96. The maximum absolute atomic E-state index is 5.52. The van der Waals surface area contributed by atoms with E-state index < -0.39 is 0 Å². The molecule has 13 heavy (non-hydrogen) atoms. The van der Waals surface area contributed by atoms with E-state index in [0.29, 0.717) is 13.2 Å². The van der Waals surface area contributed by atoms with Crippen molar-refractivity contribution in [1.29, 1.82) is 0 Å². The van der Waals surface area contributed by atoms with E-state index in [0.717, 1.165) is 23.7 Å². The molecule has 2 rings (SSSR count). The third kappa shape index (κ3) is 1.54. The molecule has 0 amide bonds. The Morgan fingerprint density at radius 2 is 2.08 bits per heavy atom. The quantitative estimate of drug-likeness (QED) is 0.660. The van der Waals surface area contributed by atoms with Gasteiger partial charge in [-0.1, -0.05) is 6.07 Å². The van der Waals surface area contributed by atoms with Crippen molar-refractivity contribution in [3.8, 4) is 17.2 Å². The fourth-order valence-corrected chi connectivity index (χ4v) is 1.33. The van der Waals surface area contributed by atoms with Crippen LogP contribution in [0, 0.1) is 0 Å². The van der Waals surface area contributed by atoms with Gasteiger partial charge in [0, 0.05) is 6.42 Å². The summed E-state index contributed by atoms with van der Waals surface area (Å²) in [5.74, 6) is 2.23. The van der Waals surface area contributed by atoms with Gasteiger partial charge in [0.15, 0.2) is 11.5 Å². The van der Waals surface area contributed by atoms with Gasteiger partial charge in [-0.05, 0) is 12.1 Å². The lowest BCUT2D eigenvalue weighted by atomic mass is 10.3. The predicted molar refractivity (Wildman–Crippen MR) is 48.6 cm³/mol. The van der Waals surface area contributed by atoms with E-state index in [9.17, 15) is 0 Å². The molecule has 0 fully saturated rings. The number of para-hydroxylation sites is 1. The fourth-order valence-electron chi connectivity index (χ4n) is 1.33. The van der Waals surface area contributed by atoms with Crippen LogP contribution in [0.25, 0.3) is 0 Å². The molecule has 0 aliphatic carbocycles. The summed E-state index contributed by atoms with van der Waals surface area (Å²) in [5, 5.41) is 0. The van der Waals surface area contributed by atoms with Crippen molar-refractivity contribution in [2.45, 2.75) is 6.42 Å². The molecule has 0 bridgehead atoms. The lowest BCUT2D eigenvalue weighted by molar-refractivity contribution is 0.289. The number of ether oxygens (including phenoxy) is 3. The van der Waals surface area contributed by atoms with Crippen molar-refractivity contribution in [1.82, 2.24) is 0 Å². The highest BCUT2D eigenvalue weighted by atomic mass is 16.5. The molecule has 0 aromatic heterocycles. The second-order valence-electron chi connectivity index (χ2n) is 2.84. The summed E-state index contributed by atoms with van der Waals surface area (Å²) in [6, 6.07) is 5.66. The van der Waals surface area contributed by atoms with Crippen molar-refractivity contribution in [2.75, 3.05) is 20.3 Å². The molecular formula is C10H12O3. The van der Waals surface area contributed by atoms with Crippen LogP contribution in [0.1, 0.15) is 6.42 Å². The van der Waals surface area contributed by atoms with Crippen LogP contribution in [-0.2, 0) is 0 Å². The average Bonchev–Trinajstić information content (AvgIpc) is 2.41. The highest BCUT2D eigenvalue weighted by Crippen LogP contribution is 2.38. The number of rotatable bonds is 1. The Balaban J connectivity index is 2.40. The minimum atomic E-state index is 0.688. The van der Waals surface area contributed by atoms with Gasteiger partial charge in [-0.25, -0.2) is 0 Å². The molecule has 3 nitrogen and oxygen atoms in total. The van der Waals surface area contributed by atoms with E-state index >= 15 is 0 Å². The highest BCUT2D eigenvalue weighted by Gasteiger charge is 2.14. The van der Waals surface area contributed by atoms with Gasteiger partial charge in [-0.2, -0.15) is 0 Å². The van der Waals surface area contributed by atoms with Crippen LogP contribution in [-0.4, -0.2) is 20.3 Å². The van der Waals surface area contributed by atoms with Gasteiger partial charge >= 0.3 is 0 Å². The van der Waals surface area contributed by atoms with Crippen LogP contribution >= 0.6 is 0 Å². The molecule has 1 heterocycles. The number of hydrogen-bond donors (Lipinski definition) is 0. The van der Waals surface area contributed by atoms with E-state index in [1.54, 1.807) is 7.11 Å². The molecule has 0 saturated carbocycles. The fraction of sp³-hybridized carbons (Fsp3) is 0.400. The summed E-state index contributed by atoms with van der Waals surface area (Å²) in [4.78, 5) is 0. The van der Waals surface area contributed by atoms with E-state index in [2.05, 4.69) is 0 Å². The average molecular weight is 180 g/mol. The molecule has 0 saturated heterocycles. The van der Waals surface area contributed by atoms with Crippen LogP contribution in [0.3, 0.4) is 0 Å². The summed E-state index contributed by atoms with van der Waals surface area (Å²) in [5.41, 5.74) is 0. The summed E-state index contributed by atoms with van der Waals surface area (Å²) in [6.45, 7) is 1.40. The summed E-state index contributed by atoms with van der Waals surface area (Å²) >= 11 is 0. The minimum Gasteiger partial charge on any atom is -0.493 e. The maximum Gasteiger partial charge on any atom is 0.203 e. The molecule has 1 aromatic carbocycles. The normalized spacial score (nSPS) is 14.8. The van der Waals surface area contributed by atoms with Crippen molar-refractivity contribution in [2.24, 2.45) is 0 Å². The molecule has 1 aromatic rings. The Hall–Kier alpha value is -1.38. The largest absolute Gasteiger partial charge is 0.493 e. The molecular weight excluding hydrogens is 168 g/mol. The first-order valence-electron chi connectivity index (χ1n) is 4.34. The molecule has 0 radical (unpaired) electrons. The van der Waals surface area contributed by atoms with Crippen molar-refractivity contribution in [3.63, 3.8) is 0 Å². The predicted octanol–water partition coefficient (Wildman–Crippen LogP) is 1.86. The molecule has 0 unspecified atom stereocenters. The van der Waals surface area contributed by atoms with E-state index in [4.69, 9.17) is 14.2 Å². The first kappa shape index (κ1) is 8.23. The molecule has 1 aliphatic rings. The van der Waals surface area contributed by atoms with Gasteiger partial charge in [0.1, 0.15) is 0 Å². The maximum atomic E-state index is 5.52. The van der Waals surface area contributed by atoms with Gasteiger partial charge in [0.25, 0.3) is 0 Å². The number of benzene rings is 1. The first-order chi connectivity index (χ1) is 6.42. The second kappa shape index (κ2) is 3.56. The van der Waals surface area contributed by atoms with Crippen LogP contribution in [0.4, 0.5) is 0 Å². The first-order valence-corrected chi connectivity index (χ1v) is 4.34. The number of fused-ring (bicyclic) bond motifs is 1. The SMILES string of the molecule is COc1cccc2c1OCCCO2. The number of methoxy groups -OCH3 is 1. The Kier molecular flexibility index (Phi) is 2.25. The van der Waals surface area contributed by atoms with E-state index in [1.165, 1.54) is 0 Å². The topological polar surface area (TPSA) is 27.7 Å². The van der Waals surface area contributed by atoms with Gasteiger partial charge in [-0.15, -0.1) is 0 Å². The molecule has 0 atom stereocenters. The Morgan fingerprint density at radius 1 is 1.23 bits per heavy atom. The van der Waals surface area contributed by atoms with E-state index in [1.807, 2.05) is 18.2 Å². The molecule has 70 valence electrons. The van der Waals surface area contributed by atoms with Gasteiger partial charge < -0.3 is 14.2 Å². The van der Waals surface area contributed by atoms with Crippen molar-refractivity contribution >= 4 is 0 Å². The lowest BCUT2D eigenvalue weighted by Crippen LogP contribution is -1.98. The van der Waals surface area contributed by atoms with Crippen LogP contribution < -0.4 is 14.2 Å². The van der Waals surface area contributed by atoms with Gasteiger partial charge in [0.05, 0.1) is 20.3 Å². The number of hydrogen-bond acceptors (Lipinski definition) is 3. The van der Waals surface area contributed by atoms with Crippen LogP contribution in [0.2, 0.25) is 0 Å². The summed E-state index contributed by atoms with van der Waals surface area (Å²) in [7, 11) is 1.63. The Bertz CT molecular complexity index is 296.